The number of thiophene rings is 1. The van der Waals surface area contributed by atoms with E-state index in [4.69, 9.17) is 23.8 Å². The van der Waals surface area contributed by atoms with Crippen LogP contribution >= 0.6 is 22.9 Å². The van der Waals surface area contributed by atoms with E-state index in [2.05, 4.69) is 11.2 Å². The molecule has 0 amide bonds. The maximum atomic E-state index is 5.83. The largest absolute Gasteiger partial charge is 0.329 e. The van der Waals surface area contributed by atoms with Crippen molar-refractivity contribution in [2.45, 2.75) is 19.0 Å². The predicted molar refractivity (Wildman–Crippen MR) is 62.6 cm³/mol. The quantitative estimate of drug-likeness (QED) is 0.774. The normalized spacial score (nSPS) is 14.7. The van der Waals surface area contributed by atoms with Crippen LogP contribution in [0.2, 0.25) is 5.02 Å². The maximum Gasteiger partial charge on any atom is 0.0663 e. The summed E-state index contributed by atoms with van der Waals surface area (Å²) in [6.07, 6.45) is 5.28. The van der Waals surface area contributed by atoms with Gasteiger partial charge in [-0.1, -0.05) is 17.5 Å². The van der Waals surface area contributed by atoms with E-state index in [0.717, 1.165) is 9.90 Å². The molecule has 0 aliphatic carbocycles. The molecule has 1 aromatic heterocycles. The van der Waals surface area contributed by atoms with Crippen molar-refractivity contribution in [2.24, 2.45) is 5.73 Å². The van der Waals surface area contributed by atoms with Gasteiger partial charge < -0.3 is 5.73 Å². The van der Waals surface area contributed by atoms with E-state index in [-0.39, 0.29) is 12.1 Å². The zero-order valence-corrected chi connectivity index (χ0v) is 9.53. The van der Waals surface area contributed by atoms with Gasteiger partial charge in [0.15, 0.2) is 0 Å². The fourth-order valence-corrected chi connectivity index (χ4v) is 2.28. The van der Waals surface area contributed by atoms with Gasteiger partial charge in [0.1, 0.15) is 0 Å². The molecule has 4 heteroatoms. The number of nitrogens with two attached hydrogens (primary N) is 1. The number of hydrogen-bond acceptors (Lipinski definition) is 3. The third kappa shape index (κ3) is 3.00. The van der Waals surface area contributed by atoms with Gasteiger partial charge in [0, 0.05) is 16.8 Å². The molecule has 1 heterocycles. The summed E-state index contributed by atoms with van der Waals surface area (Å²) in [5, 5.41) is 5.88. The van der Waals surface area contributed by atoms with Crippen molar-refractivity contribution < 1.29 is 0 Å². The van der Waals surface area contributed by atoms with Crippen LogP contribution in [-0.4, -0.2) is 12.6 Å². The van der Waals surface area contributed by atoms with Crippen LogP contribution in [0.1, 0.15) is 17.8 Å². The van der Waals surface area contributed by atoms with Gasteiger partial charge in [-0.05, 0) is 13.0 Å². The summed E-state index contributed by atoms with van der Waals surface area (Å²) in [5.41, 5.74) is 5.65. The molecule has 0 aromatic carbocycles. The fourth-order valence-electron chi connectivity index (χ4n) is 1.13. The zero-order chi connectivity index (χ0) is 10.6. The Morgan fingerprint density at radius 2 is 2.50 bits per heavy atom. The molecule has 2 nitrogen and oxygen atoms in total. The van der Waals surface area contributed by atoms with Crippen molar-refractivity contribution >= 4 is 22.9 Å². The molecule has 2 atom stereocenters. The van der Waals surface area contributed by atoms with Crippen molar-refractivity contribution in [1.29, 1.82) is 0 Å². The molecule has 0 bridgehead atoms. The van der Waals surface area contributed by atoms with Crippen LogP contribution in [0.15, 0.2) is 11.4 Å². The molecule has 0 fully saturated rings. The first-order valence-electron chi connectivity index (χ1n) is 4.33. The van der Waals surface area contributed by atoms with Gasteiger partial charge in [-0.15, -0.1) is 17.8 Å². The smallest absolute Gasteiger partial charge is 0.0663 e. The highest BCUT2D eigenvalue weighted by Crippen LogP contribution is 2.24. The first kappa shape index (κ1) is 11.5. The zero-order valence-electron chi connectivity index (χ0n) is 7.96. The number of hydrogen-bond donors (Lipinski definition) is 2. The van der Waals surface area contributed by atoms with Gasteiger partial charge in [-0.2, -0.15) is 0 Å². The Morgan fingerprint density at radius 3 is 2.93 bits per heavy atom. The minimum absolute atomic E-state index is 0.0180. The Kier molecular flexibility index (Phi) is 4.43. The molecule has 2 unspecified atom stereocenters. The SMILES string of the molecule is C#CC(C)NC(CN)c1cc(Cl)cs1. The van der Waals surface area contributed by atoms with E-state index in [0.29, 0.717) is 6.54 Å². The van der Waals surface area contributed by atoms with Gasteiger partial charge in [-0.3, -0.25) is 5.32 Å². The van der Waals surface area contributed by atoms with Crippen molar-refractivity contribution in [3.8, 4) is 12.3 Å². The highest BCUT2D eigenvalue weighted by atomic mass is 35.5. The third-order valence-electron chi connectivity index (χ3n) is 1.87. The molecular weight excluding hydrogens is 216 g/mol. The Labute approximate surface area is 93.5 Å². The molecule has 0 saturated carbocycles. The van der Waals surface area contributed by atoms with Crippen LogP contribution in [-0.2, 0) is 0 Å². The van der Waals surface area contributed by atoms with E-state index in [1.54, 1.807) is 11.3 Å². The highest BCUT2D eigenvalue weighted by Gasteiger charge is 2.13. The molecule has 1 aromatic rings. The second-order valence-corrected chi connectivity index (χ2v) is 4.39. The van der Waals surface area contributed by atoms with E-state index < -0.39 is 0 Å². The van der Waals surface area contributed by atoms with Crippen molar-refractivity contribution in [3.05, 3.63) is 21.3 Å². The molecule has 0 radical (unpaired) electrons. The summed E-state index contributed by atoms with van der Waals surface area (Å²) >= 11 is 7.43. The van der Waals surface area contributed by atoms with Crippen LogP contribution in [0.3, 0.4) is 0 Å². The minimum Gasteiger partial charge on any atom is -0.329 e. The lowest BCUT2D eigenvalue weighted by atomic mass is 10.2. The lowest BCUT2D eigenvalue weighted by Crippen LogP contribution is -2.33. The molecule has 1 rings (SSSR count). The monoisotopic (exact) mass is 228 g/mol. The summed E-state index contributed by atoms with van der Waals surface area (Å²) in [6, 6.07) is 2.03. The average Bonchev–Trinajstić information content (AvgIpc) is 2.60. The fraction of sp³-hybridized carbons (Fsp3) is 0.400. The molecular formula is C10H13ClN2S. The van der Waals surface area contributed by atoms with Crippen LogP contribution in [0.5, 0.6) is 0 Å². The van der Waals surface area contributed by atoms with Gasteiger partial charge in [0.2, 0.25) is 0 Å². The molecule has 0 spiro atoms. The molecule has 14 heavy (non-hydrogen) atoms. The Morgan fingerprint density at radius 1 is 1.79 bits per heavy atom. The number of rotatable bonds is 4. The highest BCUT2D eigenvalue weighted by molar-refractivity contribution is 7.10. The van der Waals surface area contributed by atoms with Crippen LogP contribution in [0.4, 0.5) is 0 Å². The van der Waals surface area contributed by atoms with Crippen LogP contribution < -0.4 is 11.1 Å². The summed E-state index contributed by atoms with van der Waals surface area (Å²) in [4.78, 5) is 1.12. The van der Waals surface area contributed by atoms with Crippen molar-refractivity contribution in [3.63, 3.8) is 0 Å². The maximum absolute atomic E-state index is 5.83. The standard InChI is InChI=1S/C10H13ClN2S/c1-3-7(2)13-9(5-12)10-4-8(11)6-14-10/h1,4,6-7,9,13H,5,12H2,2H3. The van der Waals surface area contributed by atoms with Crippen LogP contribution in [0.25, 0.3) is 0 Å². The Balaban J connectivity index is 2.68. The van der Waals surface area contributed by atoms with Gasteiger partial charge in [-0.25, -0.2) is 0 Å². The lowest BCUT2D eigenvalue weighted by Gasteiger charge is -2.17. The summed E-state index contributed by atoms with van der Waals surface area (Å²) in [5.74, 6) is 2.61. The van der Waals surface area contributed by atoms with Crippen molar-refractivity contribution in [1.82, 2.24) is 5.32 Å². The summed E-state index contributed by atoms with van der Waals surface area (Å²) in [7, 11) is 0. The third-order valence-corrected chi connectivity index (χ3v) is 3.26. The number of halogens is 1. The summed E-state index contributed by atoms with van der Waals surface area (Å²) < 4.78 is 0. The minimum atomic E-state index is 0.0180. The number of terminal acetylenes is 1. The van der Waals surface area contributed by atoms with Gasteiger partial charge >= 0.3 is 0 Å². The molecule has 0 aliphatic heterocycles. The van der Waals surface area contributed by atoms with E-state index >= 15 is 0 Å². The first-order valence-corrected chi connectivity index (χ1v) is 5.59. The Bertz CT molecular complexity index is 329. The topological polar surface area (TPSA) is 38.0 Å². The number of nitrogens with one attached hydrogen (secondary N) is 1. The van der Waals surface area contributed by atoms with E-state index in [1.807, 2.05) is 18.4 Å². The Hall–Kier alpha value is -0.530. The molecule has 0 aliphatic rings. The molecule has 3 N–H and O–H groups in total. The van der Waals surface area contributed by atoms with Crippen molar-refractivity contribution in [2.75, 3.05) is 6.54 Å². The second kappa shape index (κ2) is 5.38. The van der Waals surface area contributed by atoms with E-state index in [1.165, 1.54) is 0 Å². The first-order chi connectivity index (χ1) is 6.67. The lowest BCUT2D eigenvalue weighted by molar-refractivity contribution is 0.525. The van der Waals surface area contributed by atoms with Gasteiger partial charge in [0.05, 0.1) is 17.1 Å². The molecule has 76 valence electrons. The van der Waals surface area contributed by atoms with Crippen LogP contribution in [0, 0.1) is 12.3 Å². The predicted octanol–water partition coefficient (Wildman–Crippen LogP) is 2.01. The molecule has 0 saturated heterocycles. The van der Waals surface area contributed by atoms with E-state index in [9.17, 15) is 0 Å². The average molecular weight is 229 g/mol. The summed E-state index contributed by atoms with van der Waals surface area (Å²) in [6.45, 7) is 2.45. The second-order valence-electron chi connectivity index (χ2n) is 3.01. The van der Waals surface area contributed by atoms with Gasteiger partial charge in [0.25, 0.3) is 0 Å².